The average Bonchev–Trinajstić information content (AvgIpc) is 3.48. The Bertz CT molecular complexity index is 1200. The quantitative estimate of drug-likeness (QED) is 0.330. The zero-order valence-corrected chi connectivity index (χ0v) is 18.0. The van der Waals surface area contributed by atoms with E-state index in [2.05, 4.69) is 26.3 Å². The number of benzene rings is 1. The van der Waals surface area contributed by atoms with E-state index in [1.165, 1.54) is 36.0 Å². The van der Waals surface area contributed by atoms with Gasteiger partial charge < -0.3 is 19.5 Å². The van der Waals surface area contributed by atoms with Crippen LogP contribution in [0.5, 0.6) is 0 Å². The molecule has 3 heterocycles. The van der Waals surface area contributed by atoms with Crippen molar-refractivity contribution in [3.05, 3.63) is 66.5 Å². The van der Waals surface area contributed by atoms with Crippen molar-refractivity contribution in [2.75, 3.05) is 10.6 Å². The minimum atomic E-state index is -0.458. The summed E-state index contributed by atoms with van der Waals surface area (Å²) in [5.41, 5.74) is 1.39. The number of nitrogens with one attached hydrogen (secondary N) is 4. The lowest BCUT2D eigenvalue weighted by molar-refractivity contribution is 0.0943. The predicted octanol–water partition coefficient (Wildman–Crippen LogP) is 3.74. The Morgan fingerprint density at radius 2 is 1.48 bits per heavy atom. The van der Waals surface area contributed by atoms with Crippen LogP contribution < -0.4 is 21.3 Å². The molecule has 1 aromatic carbocycles. The van der Waals surface area contributed by atoms with Gasteiger partial charge in [-0.25, -0.2) is 4.98 Å². The molecule has 0 radical (unpaired) electrons. The first-order valence-electron chi connectivity index (χ1n) is 8.70. The van der Waals surface area contributed by atoms with Crippen LogP contribution in [0.3, 0.4) is 0 Å². The van der Waals surface area contributed by atoms with E-state index in [1.807, 2.05) is 6.07 Å². The Labute approximate surface area is 189 Å². The van der Waals surface area contributed by atoms with Crippen molar-refractivity contribution in [2.24, 2.45) is 0 Å². The fraction of sp³-hybridized carbons (Fsp3) is 0. The SMILES string of the molecule is O=C(NC(=S)Nc1ccc2nc(NC(=S)NC(=O)c3ccco3)sc2c1)c1ccco1. The lowest BCUT2D eigenvalue weighted by Crippen LogP contribution is -2.33. The zero-order valence-electron chi connectivity index (χ0n) is 15.5. The molecule has 0 bridgehead atoms. The molecule has 4 aromatic rings. The molecule has 0 saturated heterocycles. The number of amides is 2. The summed E-state index contributed by atoms with van der Waals surface area (Å²) in [5.74, 6) is -0.592. The number of hydrogen-bond donors (Lipinski definition) is 4. The summed E-state index contributed by atoms with van der Waals surface area (Å²) in [6.45, 7) is 0. The van der Waals surface area contributed by atoms with Crippen LogP contribution in [0.4, 0.5) is 10.8 Å². The number of fused-ring (bicyclic) bond motifs is 1. The molecular formula is C19H13N5O4S3. The van der Waals surface area contributed by atoms with E-state index >= 15 is 0 Å². The number of aromatic nitrogens is 1. The van der Waals surface area contributed by atoms with Gasteiger partial charge in [0.05, 0.1) is 22.7 Å². The topological polar surface area (TPSA) is 121 Å². The van der Waals surface area contributed by atoms with E-state index in [1.54, 1.807) is 24.3 Å². The molecule has 0 fully saturated rings. The molecule has 0 aliphatic rings. The standard InChI is InChI=1S/C19H13N5O4S3/c25-15(12-3-1-7-27-12)22-17(29)20-10-5-6-11-14(9-10)31-19(21-11)24-18(30)23-16(26)13-4-2-8-28-13/h1-9H,(H2,20,22,25,29)(H2,21,23,24,26,30). The number of nitrogens with zero attached hydrogens (tertiary/aromatic N) is 1. The summed E-state index contributed by atoms with van der Waals surface area (Å²) in [4.78, 5) is 28.4. The highest BCUT2D eigenvalue weighted by molar-refractivity contribution is 7.80. The Hall–Kier alpha value is -3.61. The van der Waals surface area contributed by atoms with Gasteiger partial charge in [0.1, 0.15) is 0 Å². The molecule has 156 valence electrons. The highest BCUT2D eigenvalue weighted by atomic mass is 32.1. The highest BCUT2D eigenvalue weighted by Crippen LogP contribution is 2.28. The fourth-order valence-electron chi connectivity index (χ4n) is 2.49. The lowest BCUT2D eigenvalue weighted by atomic mass is 10.3. The number of rotatable bonds is 4. The van der Waals surface area contributed by atoms with Crippen LogP contribution in [0.2, 0.25) is 0 Å². The van der Waals surface area contributed by atoms with Crippen molar-refractivity contribution in [2.45, 2.75) is 0 Å². The van der Waals surface area contributed by atoms with Crippen molar-refractivity contribution in [1.82, 2.24) is 15.6 Å². The highest BCUT2D eigenvalue weighted by Gasteiger charge is 2.13. The van der Waals surface area contributed by atoms with E-state index in [9.17, 15) is 9.59 Å². The second-order valence-electron chi connectivity index (χ2n) is 5.97. The maximum absolute atomic E-state index is 12.0. The normalized spacial score (nSPS) is 10.5. The van der Waals surface area contributed by atoms with Crippen molar-refractivity contribution in [1.29, 1.82) is 0 Å². The molecule has 0 unspecified atom stereocenters. The third-order valence-corrected chi connectivity index (χ3v) is 5.15. The summed E-state index contributed by atoms with van der Waals surface area (Å²) in [6.07, 6.45) is 2.81. The number of carbonyl (C=O) groups is 2. The van der Waals surface area contributed by atoms with Crippen LogP contribution in [0, 0.1) is 0 Å². The smallest absolute Gasteiger partial charge is 0.293 e. The largest absolute Gasteiger partial charge is 0.459 e. The number of furan rings is 2. The average molecular weight is 472 g/mol. The van der Waals surface area contributed by atoms with E-state index < -0.39 is 11.8 Å². The molecule has 4 rings (SSSR count). The van der Waals surface area contributed by atoms with Crippen LogP contribution in [0.25, 0.3) is 10.2 Å². The molecule has 0 atom stereocenters. The fourth-order valence-corrected chi connectivity index (χ4v) is 3.87. The lowest BCUT2D eigenvalue weighted by Gasteiger charge is -2.08. The van der Waals surface area contributed by atoms with Crippen molar-refractivity contribution < 1.29 is 18.4 Å². The number of hydrogen-bond acceptors (Lipinski definition) is 8. The molecule has 0 aliphatic heterocycles. The predicted molar refractivity (Wildman–Crippen MR) is 124 cm³/mol. The van der Waals surface area contributed by atoms with Gasteiger partial charge in [-0.1, -0.05) is 11.3 Å². The number of thiazole rings is 1. The van der Waals surface area contributed by atoms with Gasteiger partial charge in [-0.15, -0.1) is 0 Å². The summed E-state index contributed by atoms with van der Waals surface area (Å²) in [5, 5.41) is 11.6. The molecule has 4 N–H and O–H groups in total. The van der Waals surface area contributed by atoms with Crippen molar-refractivity contribution in [3.8, 4) is 0 Å². The second kappa shape index (κ2) is 9.04. The van der Waals surface area contributed by atoms with Gasteiger partial charge in [0.25, 0.3) is 11.8 Å². The number of carbonyl (C=O) groups excluding carboxylic acids is 2. The van der Waals surface area contributed by atoms with Crippen LogP contribution >= 0.6 is 35.8 Å². The molecule has 2 amide bonds. The Kier molecular flexibility index (Phi) is 6.02. The van der Waals surface area contributed by atoms with E-state index in [0.717, 1.165) is 10.2 Å². The van der Waals surface area contributed by atoms with Gasteiger partial charge in [0.15, 0.2) is 26.9 Å². The van der Waals surface area contributed by atoms with Crippen LogP contribution in [-0.2, 0) is 0 Å². The maximum atomic E-state index is 12.0. The third-order valence-electron chi connectivity index (χ3n) is 3.81. The number of thiocarbonyl (C=S) groups is 2. The molecule has 0 aliphatic carbocycles. The molecule has 31 heavy (non-hydrogen) atoms. The summed E-state index contributed by atoms with van der Waals surface area (Å²) >= 11 is 11.7. The van der Waals surface area contributed by atoms with Crippen LogP contribution in [-0.4, -0.2) is 27.0 Å². The van der Waals surface area contributed by atoms with E-state index in [0.29, 0.717) is 10.8 Å². The molecule has 0 spiro atoms. The van der Waals surface area contributed by atoms with Crippen LogP contribution in [0.15, 0.2) is 63.8 Å². The maximum Gasteiger partial charge on any atom is 0.293 e. The minimum Gasteiger partial charge on any atom is -0.459 e. The van der Waals surface area contributed by atoms with Gasteiger partial charge in [-0.05, 0) is 66.9 Å². The summed E-state index contributed by atoms with van der Waals surface area (Å²) in [7, 11) is 0. The van der Waals surface area contributed by atoms with Crippen molar-refractivity contribution in [3.63, 3.8) is 0 Å². The summed E-state index contributed by atoms with van der Waals surface area (Å²) in [6, 6.07) is 11.7. The molecule has 12 heteroatoms. The first-order valence-corrected chi connectivity index (χ1v) is 10.3. The van der Waals surface area contributed by atoms with Gasteiger partial charge in [-0.2, -0.15) is 0 Å². The monoisotopic (exact) mass is 471 g/mol. The Morgan fingerprint density at radius 1 is 0.871 bits per heavy atom. The first kappa shape index (κ1) is 20.7. The van der Waals surface area contributed by atoms with E-state index in [4.69, 9.17) is 33.3 Å². The molecular weight excluding hydrogens is 458 g/mol. The molecule has 9 nitrogen and oxygen atoms in total. The second-order valence-corrected chi connectivity index (χ2v) is 7.82. The van der Waals surface area contributed by atoms with Gasteiger partial charge >= 0.3 is 0 Å². The zero-order chi connectivity index (χ0) is 21.8. The summed E-state index contributed by atoms with van der Waals surface area (Å²) < 4.78 is 10.9. The third kappa shape index (κ3) is 5.12. The molecule has 3 aromatic heterocycles. The Morgan fingerprint density at radius 3 is 2.06 bits per heavy atom. The van der Waals surface area contributed by atoms with E-state index in [-0.39, 0.29) is 21.7 Å². The minimum absolute atomic E-state index is 0.0978. The number of anilines is 2. The van der Waals surface area contributed by atoms with Gasteiger partial charge in [0, 0.05) is 5.69 Å². The van der Waals surface area contributed by atoms with Crippen LogP contribution in [0.1, 0.15) is 21.1 Å². The van der Waals surface area contributed by atoms with Gasteiger partial charge in [-0.3, -0.25) is 20.2 Å². The van der Waals surface area contributed by atoms with Crippen molar-refractivity contribution >= 4 is 78.8 Å². The van der Waals surface area contributed by atoms with Gasteiger partial charge in [0.2, 0.25) is 0 Å². The first-order chi connectivity index (χ1) is 15.0. The molecule has 0 saturated carbocycles. The Balaban J connectivity index is 1.37.